The van der Waals surface area contributed by atoms with Crippen molar-refractivity contribution in [1.29, 1.82) is 0 Å². The molecule has 0 bridgehead atoms. The van der Waals surface area contributed by atoms with Crippen LogP contribution in [0.3, 0.4) is 0 Å². The third kappa shape index (κ3) is 4.55. The minimum absolute atomic E-state index is 0.978. The average Bonchev–Trinajstić information content (AvgIpc) is 2.51. The first-order valence-corrected chi connectivity index (χ1v) is 6.44. The Bertz CT molecular complexity index is 260. The molecule has 0 saturated heterocycles. The van der Waals surface area contributed by atoms with Gasteiger partial charge in [0.15, 0.2) is 0 Å². The molecule has 0 saturated carbocycles. The van der Waals surface area contributed by atoms with Gasteiger partial charge in [0, 0.05) is 15.9 Å². The molecular formula is C10H17BrN2S. The second kappa shape index (κ2) is 6.56. The summed E-state index contributed by atoms with van der Waals surface area (Å²) in [5.74, 6) is 0. The molecule has 0 fully saturated rings. The Morgan fingerprint density at radius 3 is 2.86 bits per heavy atom. The van der Waals surface area contributed by atoms with E-state index in [1.54, 1.807) is 11.3 Å². The van der Waals surface area contributed by atoms with E-state index in [2.05, 4.69) is 51.7 Å². The van der Waals surface area contributed by atoms with E-state index in [1.807, 2.05) is 0 Å². The Labute approximate surface area is 98.4 Å². The normalized spacial score (nSPS) is 11.1. The van der Waals surface area contributed by atoms with Gasteiger partial charge >= 0.3 is 0 Å². The molecule has 1 rings (SSSR count). The Kier molecular flexibility index (Phi) is 5.70. The number of rotatable bonds is 6. The van der Waals surface area contributed by atoms with Crippen molar-refractivity contribution in [3.05, 3.63) is 20.8 Å². The summed E-state index contributed by atoms with van der Waals surface area (Å²) in [6.07, 6.45) is 1.20. The maximum atomic E-state index is 3.52. The summed E-state index contributed by atoms with van der Waals surface area (Å²) in [6, 6.07) is 2.10. The number of nitrogens with one attached hydrogen (secondary N) is 1. The molecule has 1 heterocycles. The monoisotopic (exact) mass is 276 g/mol. The molecule has 0 aliphatic heterocycles. The number of hydrogen-bond acceptors (Lipinski definition) is 3. The van der Waals surface area contributed by atoms with Crippen LogP contribution < -0.4 is 5.32 Å². The van der Waals surface area contributed by atoms with E-state index < -0.39 is 0 Å². The van der Waals surface area contributed by atoms with Gasteiger partial charge < -0.3 is 10.2 Å². The molecule has 0 aliphatic carbocycles. The van der Waals surface area contributed by atoms with Gasteiger partial charge in [0.1, 0.15) is 0 Å². The summed E-state index contributed by atoms with van der Waals surface area (Å²) in [5.41, 5.74) is 0. The second-order valence-electron chi connectivity index (χ2n) is 3.53. The molecule has 0 amide bonds. The van der Waals surface area contributed by atoms with Crippen molar-refractivity contribution in [3.8, 4) is 0 Å². The standard InChI is InChI=1S/C10H17BrN2S/c1-13(2)6-3-5-12-8-10-9(11)4-7-14-10/h4,7,12H,3,5-6,8H2,1-2H3. The molecule has 14 heavy (non-hydrogen) atoms. The van der Waals surface area contributed by atoms with Crippen molar-refractivity contribution >= 4 is 27.3 Å². The van der Waals surface area contributed by atoms with Gasteiger partial charge in [-0.2, -0.15) is 0 Å². The van der Waals surface area contributed by atoms with Gasteiger partial charge in [-0.3, -0.25) is 0 Å². The fourth-order valence-corrected chi connectivity index (χ4v) is 2.64. The lowest BCUT2D eigenvalue weighted by Crippen LogP contribution is -2.20. The summed E-state index contributed by atoms with van der Waals surface area (Å²) >= 11 is 5.31. The summed E-state index contributed by atoms with van der Waals surface area (Å²) in [4.78, 5) is 3.60. The van der Waals surface area contributed by atoms with Gasteiger partial charge in [-0.15, -0.1) is 11.3 Å². The minimum atomic E-state index is 0.978. The van der Waals surface area contributed by atoms with Gasteiger partial charge in [0.05, 0.1) is 0 Å². The van der Waals surface area contributed by atoms with Crippen LogP contribution in [0, 0.1) is 0 Å². The summed E-state index contributed by atoms with van der Waals surface area (Å²) in [7, 11) is 4.21. The maximum absolute atomic E-state index is 3.52. The Hall–Kier alpha value is 0.100. The Balaban J connectivity index is 2.08. The van der Waals surface area contributed by atoms with E-state index in [1.165, 1.54) is 15.8 Å². The van der Waals surface area contributed by atoms with Gasteiger partial charge in [-0.1, -0.05) is 0 Å². The molecule has 0 aliphatic rings. The molecule has 1 aromatic rings. The number of halogens is 1. The highest BCUT2D eigenvalue weighted by atomic mass is 79.9. The third-order valence-corrected chi connectivity index (χ3v) is 3.86. The summed E-state index contributed by atoms with van der Waals surface area (Å²) < 4.78 is 1.22. The highest BCUT2D eigenvalue weighted by Gasteiger charge is 1.99. The maximum Gasteiger partial charge on any atom is 0.0327 e. The largest absolute Gasteiger partial charge is 0.312 e. The third-order valence-electron chi connectivity index (χ3n) is 1.94. The van der Waals surface area contributed by atoms with Crippen molar-refractivity contribution in [1.82, 2.24) is 10.2 Å². The van der Waals surface area contributed by atoms with E-state index >= 15 is 0 Å². The van der Waals surface area contributed by atoms with Crippen LogP contribution in [-0.4, -0.2) is 32.1 Å². The highest BCUT2D eigenvalue weighted by molar-refractivity contribution is 9.10. The molecule has 1 aromatic heterocycles. The van der Waals surface area contributed by atoms with E-state index in [4.69, 9.17) is 0 Å². The van der Waals surface area contributed by atoms with Crippen molar-refractivity contribution in [2.45, 2.75) is 13.0 Å². The van der Waals surface area contributed by atoms with Gasteiger partial charge in [-0.25, -0.2) is 0 Å². The van der Waals surface area contributed by atoms with Crippen molar-refractivity contribution in [2.24, 2.45) is 0 Å². The van der Waals surface area contributed by atoms with E-state index in [0.717, 1.165) is 19.6 Å². The number of thiophene rings is 1. The lowest BCUT2D eigenvalue weighted by molar-refractivity contribution is 0.394. The molecule has 0 spiro atoms. The topological polar surface area (TPSA) is 15.3 Å². The molecule has 1 N–H and O–H groups in total. The van der Waals surface area contributed by atoms with Gasteiger partial charge in [-0.05, 0) is 61.0 Å². The Morgan fingerprint density at radius 2 is 2.29 bits per heavy atom. The zero-order valence-electron chi connectivity index (χ0n) is 8.72. The molecular weight excluding hydrogens is 260 g/mol. The fraction of sp³-hybridized carbons (Fsp3) is 0.600. The van der Waals surface area contributed by atoms with Crippen LogP contribution in [0.15, 0.2) is 15.9 Å². The van der Waals surface area contributed by atoms with Gasteiger partial charge in [0.25, 0.3) is 0 Å². The zero-order valence-corrected chi connectivity index (χ0v) is 11.1. The first kappa shape index (κ1) is 12.2. The molecule has 0 aromatic carbocycles. The quantitative estimate of drug-likeness (QED) is 0.804. The number of hydrogen-bond donors (Lipinski definition) is 1. The zero-order chi connectivity index (χ0) is 10.4. The molecule has 4 heteroatoms. The van der Waals surface area contributed by atoms with Crippen LogP contribution in [0.4, 0.5) is 0 Å². The first-order valence-electron chi connectivity index (χ1n) is 4.77. The van der Waals surface area contributed by atoms with Crippen LogP contribution in [0.25, 0.3) is 0 Å². The fourth-order valence-electron chi connectivity index (χ4n) is 1.17. The van der Waals surface area contributed by atoms with Crippen molar-refractivity contribution in [3.63, 3.8) is 0 Å². The van der Waals surface area contributed by atoms with E-state index in [9.17, 15) is 0 Å². The predicted octanol–water partition coefficient (Wildman–Crippen LogP) is 2.55. The summed E-state index contributed by atoms with van der Waals surface area (Å²) in [6.45, 7) is 3.22. The SMILES string of the molecule is CN(C)CCCNCc1sccc1Br. The smallest absolute Gasteiger partial charge is 0.0327 e. The second-order valence-corrected chi connectivity index (χ2v) is 5.38. The highest BCUT2D eigenvalue weighted by Crippen LogP contribution is 2.21. The van der Waals surface area contributed by atoms with E-state index in [0.29, 0.717) is 0 Å². The Morgan fingerprint density at radius 1 is 1.50 bits per heavy atom. The number of nitrogens with zero attached hydrogens (tertiary/aromatic N) is 1. The van der Waals surface area contributed by atoms with E-state index in [-0.39, 0.29) is 0 Å². The van der Waals surface area contributed by atoms with Crippen molar-refractivity contribution < 1.29 is 0 Å². The van der Waals surface area contributed by atoms with Crippen LogP contribution in [0.5, 0.6) is 0 Å². The lowest BCUT2D eigenvalue weighted by atomic mass is 10.4. The van der Waals surface area contributed by atoms with Crippen LogP contribution in [0.1, 0.15) is 11.3 Å². The lowest BCUT2D eigenvalue weighted by Gasteiger charge is -2.09. The molecule has 0 radical (unpaired) electrons. The summed E-state index contributed by atoms with van der Waals surface area (Å²) in [5, 5.41) is 5.55. The molecule has 0 atom stereocenters. The van der Waals surface area contributed by atoms with Gasteiger partial charge in [0.2, 0.25) is 0 Å². The van der Waals surface area contributed by atoms with Crippen molar-refractivity contribution in [2.75, 3.05) is 27.2 Å². The first-order chi connectivity index (χ1) is 6.70. The molecule has 2 nitrogen and oxygen atoms in total. The minimum Gasteiger partial charge on any atom is -0.312 e. The van der Waals surface area contributed by atoms with Crippen LogP contribution in [0.2, 0.25) is 0 Å². The molecule has 80 valence electrons. The predicted molar refractivity (Wildman–Crippen MR) is 66.9 cm³/mol. The van der Waals surface area contributed by atoms with Crippen LogP contribution >= 0.6 is 27.3 Å². The van der Waals surface area contributed by atoms with Crippen LogP contribution in [-0.2, 0) is 6.54 Å². The average molecular weight is 277 g/mol. The molecule has 0 unspecified atom stereocenters.